The quantitative estimate of drug-likeness (QED) is 0.814. The molecular formula is C23H30N4O2. The van der Waals surface area contributed by atoms with E-state index in [1.165, 1.54) is 19.3 Å². The molecule has 6 nitrogen and oxygen atoms in total. The Morgan fingerprint density at radius 1 is 1.28 bits per heavy atom. The molecule has 0 saturated carbocycles. The number of hydrogen-bond donors (Lipinski definition) is 1. The van der Waals surface area contributed by atoms with Gasteiger partial charge in [0.2, 0.25) is 11.9 Å². The topological polar surface area (TPSA) is 67.3 Å². The van der Waals surface area contributed by atoms with Gasteiger partial charge in [-0.15, -0.1) is 0 Å². The Labute approximate surface area is 172 Å². The summed E-state index contributed by atoms with van der Waals surface area (Å²) in [5, 5.41) is 3.09. The van der Waals surface area contributed by atoms with E-state index in [-0.39, 0.29) is 11.8 Å². The van der Waals surface area contributed by atoms with Crippen molar-refractivity contribution in [3.05, 3.63) is 47.3 Å². The zero-order valence-electron chi connectivity index (χ0n) is 17.2. The van der Waals surface area contributed by atoms with Crippen molar-refractivity contribution in [3.8, 4) is 5.75 Å². The Bertz CT molecular complexity index is 849. The zero-order chi connectivity index (χ0) is 20.1. The molecule has 0 unspecified atom stereocenters. The summed E-state index contributed by atoms with van der Waals surface area (Å²) in [7, 11) is 0. The van der Waals surface area contributed by atoms with Gasteiger partial charge in [0.15, 0.2) is 0 Å². The molecular weight excluding hydrogens is 364 g/mol. The Morgan fingerprint density at radius 2 is 2.14 bits per heavy atom. The van der Waals surface area contributed by atoms with Gasteiger partial charge in [-0.05, 0) is 68.7 Å². The van der Waals surface area contributed by atoms with Crippen LogP contribution in [-0.2, 0) is 24.2 Å². The highest BCUT2D eigenvalue weighted by Gasteiger charge is 2.26. The summed E-state index contributed by atoms with van der Waals surface area (Å²) in [4.78, 5) is 24.4. The predicted molar refractivity (Wildman–Crippen MR) is 113 cm³/mol. The van der Waals surface area contributed by atoms with Gasteiger partial charge in [-0.3, -0.25) is 4.79 Å². The summed E-state index contributed by atoms with van der Waals surface area (Å²) < 4.78 is 5.53. The number of hydrogen-bond acceptors (Lipinski definition) is 5. The number of aromatic nitrogens is 2. The minimum Gasteiger partial charge on any atom is -0.494 e. The van der Waals surface area contributed by atoms with Crippen molar-refractivity contribution in [2.75, 3.05) is 24.6 Å². The average Bonchev–Trinajstić information content (AvgIpc) is 2.78. The molecule has 1 aromatic carbocycles. The summed E-state index contributed by atoms with van der Waals surface area (Å²) in [5.41, 5.74) is 3.29. The van der Waals surface area contributed by atoms with Crippen LogP contribution in [0, 0.1) is 5.92 Å². The van der Waals surface area contributed by atoms with Crippen LogP contribution in [0.4, 0.5) is 5.95 Å². The summed E-state index contributed by atoms with van der Waals surface area (Å²) in [6, 6.07) is 7.89. The van der Waals surface area contributed by atoms with Crippen LogP contribution in [0.2, 0.25) is 0 Å². The maximum atomic E-state index is 12.7. The summed E-state index contributed by atoms with van der Waals surface area (Å²) in [6.45, 7) is 5.23. The average molecular weight is 395 g/mol. The third kappa shape index (κ3) is 4.86. The number of fused-ring (bicyclic) bond motifs is 1. The maximum Gasteiger partial charge on any atom is 0.225 e. The van der Waals surface area contributed by atoms with Crippen molar-refractivity contribution >= 4 is 11.9 Å². The molecule has 4 rings (SSSR count). The second-order valence-corrected chi connectivity index (χ2v) is 7.93. The lowest BCUT2D eigenvalue weighted by Gasteiger charge is -2.28. The first-order valence-electron chi connectivity index (χ1n) is 10.8. The molecule has 1 N–H and O–H groups in total. The minimum absolute atomic E-state index is 0.0120. The highest BCUT2D eigenvalue weighted by atomic mass is 16.5. The molecule has 1 aliphatic carbocycles. The lowest BCUT2D eigenvalue weighted by Crippen LogP contribution is -2.35. The molecule has 29 heavy (non-hydrogen) atoms. The van der Waals surface area contributed by atoms with Gasteiger partial charge in [0.25, 0.3) is 0 Å². The molecule has 1 saturated heterocycles. The minimum atomic E-state index is -0.0120. The van der Waals surface area contributed by atoms with E-state index in [1.807, 2.05) is 37.4 Å². The molecule has 1 atom stereocenters. The van der Waals surface area contributed by atoms with Crippen LogP contribution < -0.4 is 15.0 Å². The molecule has 0 spiro atoms. The van der Waals surface area contributed by atoms with Crippen LogP contribution >= 0.6 is 0 Å². The van der Waals surface area contributed by atoms with E-state index in [0.717, 1.165) is 60.9 Å². The number of piperidine rings is 1. The van der Waals surface area contributed by atoms with Crippen molar-refractivity contribution in [3.63, 3.8) is 0 Å². The lowest BCUT2D eigenvalue weighted by molar-refractivity contribution is -0.125. The van der Waals surface area contributed by atoms with E-state index in [9.17, 15) is 4.79 Å². The van der Waals surface area contributed by atoms with Crippen LogP contribution in [0.25, 0.3) is 0 Å². The van der Waals surface area contributed by atoms with E-state index in [0.29, 0.717) is 13.2 Å². The van der Waals surface area contributed by atoms with Gasteiger partial charge in [0.1, 0.15) is 5.75 Å². The highest BCUT2D eigenvalue weighted by molar-refractivity contribution is 5.79. The van der Waals surface area contributed by atoms with Gasteiger partial charge < -0.3 is 15.0 Å². The second-order valence-electron chi connectivity index (χ2n) is 7.93. The highest BCUT2D eigenvalue weighted by Crippen LogP contribution is 2.26. The molecule has 1 amide bonds. The van der Waals surface area contributed by atoms with Crippen LogP contribution in [0.15, 0.2) is 30.5 Å². The fraction of sp³-hybridized carbons (Fsp3) is 0.522. The maximum absolute atomic E-state index is 12.7. The fourth-order valence-electron chi connectivity index (χ4n) is 4.21. The van der Waals surface area contributed by atoms with Crippen LogP contribution in [0.3, 0.4) is 0 Å². The largest absolute Gasteiger partial charge is 0.494 e. The van der Waals surface area contributed by atoms with Crippen LogP contribution in [0.1, 0.15) is 49.4 Å². The van der Waals surface area contributed by atoms with Gasteiger partial charge in [-0.25, -0.2) is 9.97 Å². The number of anilines is 1. The first kappa shape index (κ1) is 19.7. The van der Waals surface area contributed by atoms with E-state index < -0.39 is 0 Å². The number of aryl methyl sites for hydroxylation is 1. The molecule has 0 radical (unpaired) electrons. The third-order valence-electron chi connectivity index (χ3n) is 5.82. The van der Waals surface area contributed by atoms with Gasteiger partial charge in [0, 0.05) is 37.4 Å². The van der Waals surface area contributed by atoms with Gasteiger partial charge in [-0.2, -0.15) is 0 Å². The van der Waals surface area contributed by atoms with Crippen molar-refractivity contribution in [2.45, 2.75) is 52.0 Å². The molecule has 154 valence electrons. The van der Waals surface area contributed by atoms with Crippen molar-refractivity contribution in [1.29, 1.82) is 0 Å². The third-order valence-corrected chi connectivity index (χ3v) is 5.82. The SMILES string of the molecule is CCOc1cccc(CNC(=O)[C@@H]2CCc3nc(N4CCCCC4)ncc3C2)c1. The smallest absolute Gasteiger partial charge is 0.225 e. The molecule has 6 heteroatoms. The predicted octanol–water partition coefficient (Wildman–Crippen LogP) is 3.29. The summed E-state index contributed by atoms with van der Waals surface area (Å²) in [5.74, 6) is 1.80. The van der Waals surface area contributed by atoms with Crippen LogP contribution in [0.5, 0.6) is 5.75 Å². The molecule has 2 aromatic rings. The number of carbonyl (C=O) groups excluding carboxylic acids is 1. The van der Waals surface area contributed by atoms with E-state index in [4.69, 9.17) is 9.72 Å². The van der Waals surface area contributed by atoms with Gasteiger partial charge >= 0.3 is 0 Å². The molecule has 2 aliphatic rings. The summed E-state index contributed by atoms with van der Waals surface area (Å²) >= 11 is 0. The first-order valence-corrected chi connectivity index (χ1v) is 10.8. The second kappa shape index (κ2) is 9.25. The number of rotatable bonds is 6. The van der Waals surface area contributed by atoms with E-state index in [1.54, 1.807) is 0 Å². The Kier molecular flexibility index (Phi) is 6.27. The molecule has 1 aromatic heterocycles. The van der Waals surface area contributed by atoms with Crippen molar-refractivity contribution in [2.24, 2.45) is 5.92 Å². The Morgan fingerprint density at radius 3 is 2.97 bits per heavy atom. The zero-order valence-corrected chi connectivity index (χ0v) is 17.2. The molecule has 2 heterocycles. The Hall–Kier alpha value is -2.63. The molecule has 0 bridgehead atoms. The molecule has 1 aliphatic heterocycles. The monoisotopic (exact) mass is 394 g/mol. The van der Waals surface area contributed by atoms with E-state index >= 15 is 0 Å². The van der Waals surface area contributed by atoms with Crippen molar-refractivity contribution in [1.82, 2.24) is 15.3 Å². The molecule has 1 fully saturated rings. The van der Waals surface area contributed by atoms with E-state index in [2.05, 4.69) is 15.2 Å². The normalized spacial score (nSPS) is 18.8. The number of carbonyl (C=O) groups is 1. The Balaban J connectivity index is 1.34. The first-order chi connectivity index (χ1) is 14.2. The van der Waals surface area contributed by atoms with Crippen LogP contribution in [-0.4, -0.2) is 35.6 Å². The fourth-order valence-corrected chi connectivity index (χ4v) is 4.21. The standard InChI is InChI=1S/C23H30N4O2/c1-2-29-20-8-6-7-17(13-20)15-24-22(28)18-9-10-21-19(14-18)16-25-23(26-21)27-11-4-3-5-12-27/h6-8,13,16,18H,2-5,9-12,14-15H2,1H3,(H,24,28)/t18-/m1/s1. The van der Waals surface area contributed by atoms with Gasteiger partial charge in [-0.1, -0.05) is 12.1 Å². The number of amides is 1. The lowest BCUT2D eigenvalue weighted by atomic mass is 9.86. The van der Waals surface area contributed by atoms with Gasteiger partial charge in [0.05, 0.1) is 6.61 Å². The number of nitrogens with zero attached hydrogens (tertiary/aromatic N) is 3. The number of ether oxygens (including phenoxy) is 1. The number of nitrogens with one attached hydrogen (secondary N) is 1. The summed E-state index contributed by atoms with van der Waals surface area (Å²) in [6.07, 6.45) is 8.09. The number of benzene rings is 1. The van der Waals surface area contributed by atoms with Crippen molar-refractivity contribution < 1.29 is 9.53 Å².